The fourth-order valence-electron chi connectivity index (χ4n) is 9.36. The van der Waals surface area contributed by atoms with Gasteiger partial charge in [0.2, 0.25) is 0 Å². The SMILES string of the molecule is CC(C)(C)c1ccc(N2c3ccc(C(C)(C)C)cc3B3c4c(cccc42)N(C2=CC(C(C)(C)C)CCC2)c2cc(C(C)(C)C)c4ccccc4c23)cc1. The molecule has 2 nitrogen and oxygen atoms in total. The van der Waals surface area contributed by atoms with Gasteiger partial charge in [0, 0.05) is 34.1 Å². The fraction of sp³-hybridized carbons (Fsp3) is 0.400. The number of benzene rings is 5. The molecule has 3 heteroatoms. The Morgan fingerprint density at radius 2 is 1.17 bits per heavy atom. The molecule has 0 bridgehead atoms. The van der Waals surface area contributed by atoms with Gasteiger partial charge in [-0.15, -0.1) is 0 Å². The summed E-state index contributed by atoms with van der Waals surface area (Å²) < 4.78 is 0. The van der Waals surface area contributed by atoms with E-state index < -0.39 is 0 Å². The maximum Gasteiger partial charge on any atom is 0.252 e. The summed E-state index contributed by atoms with van der Waals surface area (Å²) in [7, 11) is 0. The van der Waals surface area contributed by atoms with Crippen molar-refractivity contribution in [3.8, 4) is 0 Å². The Morgan fingerprint density at radius 3 is 1.79 bits per heavy atom. The normalized spacial score (nSPS) is 17.4. The van der Waals surface area contributed by atoms with E-state index in [9.17, 15) is 0 Å². The number of rotatable bonds is 2. The molecule has 2 aliphatic heterocycles. The van der Waals surface area contributed by atoms with E-state index in [0.29, 0.717) is 5.92 Å². The Labute approximate surface area is 320 Å². The van der Waals surface area contributed by atoms with E-state index in [0.717, 1.165) is 6.42 Å². The molecule has 53 heavy (non-hydrogen) atoms. The second-order valence-corrected chi connectivity index (χ2v) is 20.3. The minimum atomic E-state index is -0.0167. The molecule has 5 aromatic carbocycles. The first-order valence-corrected chi connectivity index (χ1v) is 20.1. The zero-order chi connectivity index (χ0) is 37.8. The van der Waals surface area contributed by atoms with Gasteiger partial charge in [-0.25, -0.2) is 0 Å². The third kappa shape index (κ3) is 5.94. The van der Waals surface area contributed by atoms with Gasteiger partial charge in [-0.2, -0.15) is 0 Å². The summed E-state index contributed by atoms with van der Waals surface area (Å²) in [6, 6.07) is 35.7. The highest BCUT2D eigenvalue weighted by atomic mass is 15.2. The highest BCUT2D eigenvalue weighted by molar-refractivity contribution is 7.01. The molecule has 5 aromatic rings. The molecule has 272 valence electrons. The molecule has 0 amide bonds. The molecular formula is C50H59BN2. The van der Waals surface area contributed by atoms with Crippen molar-refractivity contribution in [2.24, 2.45) is 11.3 Å². The minimum Gasteiger partial charge on any atom is -0.315 e. The van der Waals surface area contributed by atoms with Crippen LogP contribution in [0.3, 0.4) is 0 Å². The van der Waals surface area contributed by atoms with Crippen molar-refractivity contribution in [1.82, 2.24) is 0 Å². The average molecular weight is 699 g/mol. The smallest absolute Gasteiger partial charge is 0.252 e. The maximum atomic E-state index is 2.71. The monoisotopic (exact) mass is 698 g/mol. The Morgan fingerprint density at radius 1 is 0.547 bits per heavy atom. The summed E-state index contributed by atoms with van der Waals surface area (Å²) in [6.45, 7) is 28.4. The van der Waals surface area contributed by atoms with Gasteiger partial charge in [0.05, 0.1) is 0 Å². The molecule has 0 N–H and O–H groups in total. The molecule has 1 aliphatic carbocycles. The number of allylic oxidation sites excluding steroid dienone is 2. The highest BCUT2D eigenvalue weighted by Crippen LogP contribution is 2.48. The first-order valence-electron chi connectivity index (χ1n) is 20.1. The molecule has 0 radical (unpaired) electrons. The Bertz CT molecular complexity index is 2260. The van der Waals surface area contributed by atoms with Crippen molar-refractivity contribution in [1.29, 1.82) is 0 Å². The van der Waals surface area contributed by atoms with Gasteiger partial charge in [-0.05, 0) is 127 Å². The minimum absolute atomic E-state index is 0.0167. The molecule has 3 aliphatic rings. The molecular weight excluding hydrogens is 639 g/mol. The second kappa shape index (κ2) is 12.1. The van der Waals surface area contributed by atoms with Gasteiger partial charge < -0.3 is 9.80 Å². The third-order valence-electron chi connectivity index (χ3n) is 12.4. The van der Waals surface area contributed by atoms with Gasteiger partial charge >= 0.3 is 0 Å². The molecule has 0 saturated carbocycles. The Balaban J connectivity index is 1.50. The standard InChI is InChI=1S/C50H59BN2/c1-47(2,3)32-23-26-35(27-24-32)52-41-28-25-34(49(7,8)9)30-40(41)51-45-38-20-14-13-19-37(38)39(50(10,11)12)31-44(45)53(43-22-16-21-42(52)46(43)51)36-18-15-17-33(29-36)48(4,5)6/h13-14,16,19-31,33H,15,17-18H2,1-12H3. The van der Waals surface area contributed by atoms with Crippen molar-refractivity contribution in [3.63, 3.8) is 0 Å². The topological polar surface area (TPSA) is 6.48 Å². The van der Waals surface area contributed by atoms with Crippen LogP contribution in [-0.2, 0) is 16.2 Å². The molecule has 1 unspecified atom stereocenters. The van der Waals surface area contributed by atoms with Gasteiger partial charge in [0.1, 0.15) is 0 Å². The maximum absolute atomic E-state index is 2.71. The van der Waals surface area contributed by atoms with Crippen LogP contribution >= 0.6 is 0 Å². The summed E-state index contributed by atoms with van der Waals surface area (Å²) in [5.74, 6) is 0.530. The average Bonchev–Trinajstić information content (AvgIpc) is 3.09. The summed E-state index contributed by atoms with van der Waals surface area (Å²) in [5.41, 5.74) is 16.6. The summed E-state index contributed by atoms with van der Waals surface area (Å²) in [4.78, 5) is 5.27. The van der Waals surface area contributed by atoms with Crippen LogP contribution in [0.1, 0.15) is 119 Å². The third-order valence-corrected chi connectivity index (χ3v) is 12.4. The molecule has 0 saturated heterocycles. The molecule has 2 heterocycles. The van der Waals surface area contributed by atoms with Crippen LogP contribution in [0.15, 0.2) is 103 Å². The van der Waals surface area contributed by atoms with Crippen molar-refractivity contribution in [2.75, 3.05) is 9.80 Å². The van der Waals surface area contributed by atoms with E-state index in [-0.39, 0.29) is 28.4 Å². The molecule has 0 aromatic heterocycles. The number of hydrogen-bond donors (Lipinski definition) is 0. The van der Waals surface area contributed by atoms with Crippen LogP contribution in [0.25, 0.3) is 10.8 Å². The van der Waals surface area contributed by atoms with Gasteiger partial charge in [-0.3, -0.25) is 0 Å². The molecule has 1 atom stereocenters. The quantitative estimate of drug-likeness (QED) is 0.166. The van der Waals surface area contributed by atoms with Crippen molar-refractivity contribution < 1.29 is 0 Å². The van der Waals surface area contributed by atoms with Crippen molar-refractivity contribution in [2.45, 2.75) is 119 Å². The number of fused-ring (bicyclic) bond motifs is 6. The van der Waals surface area contributed by atoms with Gasteiger partial charge in [-0.1, -0.05) is 144 Å². The zero-order valence-corrected chi connectivity index (χ0v) is 34.4. The lowest BCUT2D eigenvalue weighted by atomic mass is 9.32. The predicted octanol–water partition coefficient (Wildman–Crippen LogP) is 12.2. The largest absolute Gasteiger partial charge is 0.315 e. The van der Waals surface area contributed by atoms with E-state index in [4.69, 9.17) is 0 Å². The molecule has 8 rings (SSSR count). The fourth-order valence-corrected chi connectivity index (χ4v) is 9.36. The first-order chi connectivity index (χ1) is 24.8. The van der Waals surface area contributed by atoms with Crippen LogP contribution in [0.4, 0.5) is 28.4 Å². The lowest BCUT2D eigenvalue weighted by molar-refractivity contribution is 0.264. The van der Waals surface area contributed by atoms with Crippen LogP contribution in [0.2, 0.25) is 0 Å². The van der Waals surface area contributed by atoms with Crippen LogP contribution in [0, 0.1) is 11.3 Å². The van der Waals surface area contributed by atoms with E-state index in [1.165, 1.54) is 90.8 Å². The van der Waals surface area contributed by atoms with E-state index in [2.05, 4.69) is 190 Å². The molecule has 0 fully saturated rings. The predicted molar refractivity (Wildman–Crippen MR) is 233 cm³/mol. The second-order valence-electron chi connectivity index (χ2n) is 20.3. The number of anilines is 5. The van der Waals surface area contributed by atoms with E-state index >= 15 is 0 Å². The van der Waals surface area contributed by atoms with E-state index in [1.807, 2.05) is 0 Å². The lowest BCUT2D eigenvalue weighted by Gasteiger charge is -2.47. The molecule has 0 spiro atoms. The summed E-state index contributed by atoms with van der Waals surface area (Å²) in [5, 5.41) is 2.75. The van der Waals surface area contributed by atoms with Crippen LogP contribution in [0.5, 0.6) is 0 Å². The highest BCUT2D eigenvalue weighted by Gasteiger charge is 2.45. The Kier molecular flexibility index (Phi) is 8.19. The van der Waals surface area contributed by atoms with Crippen LogP contribution in [-0.4, -0.2) is 6.71 Å². The van der Waals surface area contributed by atoms with Gasteiger partial charge in [0.25, 0.3) is 6.71 Å². The summed E-state index contributed by atoms with van der Waals surface area (Å²) >= 11 is 0. The number of nitrogens with zero attached hydrogens (tertiary/aromatic N) is 2. The van der Waals surface area contributed by atoms with Crippen LogP contribution < -0.4 is 26.2 Å². The van der Waals surface area contributed by atoms with Gasteiger partial charge in [0.15, 0.2) is 0 Å². The zero-order valence-electron chi connectivity index (χ0n) is 34.4. The Hall–Kier alpha value is -4.24. The lowest BCUT2D eigenvalue weighted by Crippen LogP contribution is -2.62. The van der Waals surface area contributed by atoms with Crippen molar-refractivity contribution in [3.05, 3.63) is 119 Å². The van der Waals surface area contributed by atoms with E-state index in [1.54, 1.807) is 0 Å². The van der Waals surface area contributed by atoms with Crippen molar-refractivity contribution >= 4 is 62.3 Å². The number of hydrogen-bond acceptors (Lipinski definition) is 2. The first kappa shape index (κ1) is 35.8. The summed E-state index contributed by atoms with van der Waals surface area (Å²) in [6.07, 6.45) is 6.19.